The summed E-state index contributed by atoms with van der Waals surface area (Å²) in [4.78, 5) is 22.9. The standard InChI is InChI=1S/C13H18N2O3/c1-3-18-13(17)10-4-6-11(7-5-10)15-12(16)8-9-14-2/h4-7,14H,3,8-9H2,1-2H3,(H,15,16). The molecule has 0 fully saturated rings. The lowest BCUT2D eigenvalue weighted by atomic mass is 10.2. The zero-order valence-electron chi connectivity index (χ0n) is 10.7. The molecule has 0 aliphatic heterocycles. The summed E-state index contributed by atoms with van der Waals surface area (Å²) in [6.45, 7) is 2.74. The van der Waals surface area contributed by atoms with Crippen LogP contribution in [0.3, 0.4) is 0 Å². The number of hydrogen-bond acceptors (Lipinski definition) is 4. The average molecular weight is 250 g/mol. The molecule has 0 unspecified atom stereocenters. The highest BCUT2D eigenvalue weighted by atomic mass is 16.5. The van der Waals surface area contributed by atoms with Crippen LogP contribution in [0.4, 0.5) is 5.69 Å². The van der Waals surface area contributed by atoms with Gasteiger partial charge in [0, 0.05) is 18.7 Å². The lowest BCUT2D eigenvalue weighted by molar-refractivity contribution is -0.116. The van der Waals surface area contributed by atoms with Crippen molar-refractivity contribution in [1.29, 1.82) is 0 Å². The Labute approximate surface area is 107 Å². The van der Waals surface area contributed by atoms with Gasteiger partial charge in [-0.05, 0) is 38.2 Å². The van der Waals surface area contributed by atoms with E-state index in [0.29, 0.717) is 30.8 Å². The fourth-order valence-corrected chi connectivity index (χ4v) is 1.37. The Morgan fingerprint density at radius 3 is 2.44 bits per heavy atom. The van der Waals surface area contributed by atoms with Crippen LogP contribution in [0.5, 0.6) is 0 Å². The lowest BCUT2D eigenvalue weighted by Gasteiger charge is -2.06. The van der Waals surface area contributed by atoms with Crippen molar-refractivity contribution in [3.05, 3.63) is 29.8 Å². The van der Waals surface area contributed by atoms with Gasteiger partial charge in [0.1, 0.15) is 0 Å². The van der Waals surface area contributed by atoms with E-state index < -0.39 is 0 Å². The van der Waals surface area contributed by atoms with E-state index in [1.54, 1.807) is 38.2 Å². The summed E-state index contributed by atoms with van der Waals surface area (Å²) in [5, 5.41) is 5.64. The molecule has 5 heteroatoms. The minimum atomic E-state index is -0.356. The van der Waals surface area contributed by atoms with Crippen LogP contribution in [-0.4, -0.2) is 32.1 Å². The highest BCUT2D eigenvalue weighted by molar-refractivity contribution is 5.93. The van der Waals surface area contributed by atoms with Crippen LogP contribution in [0, 0.1) is 0 Å². The summed E-state index contributed by atoms with van der Waals surface area (Å²) in [6.07, 6.45) is 0.413. The van der Waals surface area contributed by atoms with Gasteiger partial charge in [0.2, 0.25) is 5.91 Å². The first-order valence-corrected chi connectivity index (χ1v) is 5.89. The number of carbonyl (C=O) groups is 2. The topological polar surface area (TPSA) is 67.4 Å². The molecular weight excluding hydrogens is 232 g/mol. The number of esters is 1. The average Bonchev–Trinajstić information content (AvgIpc) is 2.37. The van der Waals surface area contributed by atoms with Crippen LogP contribution in [-0.2, 0) is 9.53 Å². The first-order valence-electron chi connectivity index (χ1n) is 5.89. The number of rotatable bonds is 6. The SMILES string of the molecule is CCOC(=O)c1ccc(NC(=O)CCNC)cc1. The number of amides is 1. The summed E-state index contributed by atoms with van der Waals surface area (Å²) >= 11 is 0. The number of nitrogens with one attached hydrogen (secondary N) is 2. The minimum absolute atomic E-state index is 0.0618. The van der Waals surface area contributed by atoms with E-state index in [2.05, 4.69) is 10.6 Å². The quantitative estimate of drug-likeness (QED) is 0.749. The van der Waals surface area contributed by atoms with Crippen molar-refractivity contribution in [1.82, 2.24) is 5.32 Å². The summed E-state index contributed by atoms with van der Waals surface area (Å²) in [7, 11) is 1.79. The van der Waals surface area contributed by atoms with Crippen molar-refractivity contribution in [3.63, 3.8) is 0 Å². The van der Waals surface area contributed by atoms with Crippen LogP contribution in [0.1, 0.15) is 23.7 Å². The molecule has 5 nitrogen and oxygen atoms in total. The van der Waals surface area contributed by atoms with Crippen molar-refractivity contribution < 1.29 is 14.3 Å². The van der Waals surface area contributed by atoms with Crippen molar-refractivity contribution in [2.45, 2.75) is 13.3 Å². The number of hydrogen-bond donors (Lipinski definition) is 2. The molecule has 0 radical (unpaired) electrons. The Kier molecular flexibility index (Phi) is 5.87. The van der Waals surface area contributed by atoms with Gasteiger partial charge in [-0.3, -0.25) is 4.79 Å². The number of ether oxygens (including phenoxy) is 1. The zero-order chi connectivity index (χ0) is 13.4. The van der Waals surface area contributed by atoms with E-state index in [1.165, 1.54) is 0 Å². The predicted octanol–water partition coefficient (Wildman–Crippen LogP) is 1.41. The molecule has 18 heavy (non-hydrogen) atoms. The van der Waals surface area contributed by atoms with E-state index in [1.807, 2.05) is 0 Å². The lowest BCUT2D eigenvalue weighted by Crippen LogP contribution is -2.18. The molecular formula is C13H18N2O3. The third-order valence-corrected chi connectivity index (χ3v) is 2.28. The number of carbonyl (C=O) groups excluding carboxylic acids is 2. The van der Waals surface area contributed by atoms with E-state index in [-0.39, 0.29) is 11.9 Å². The van der Waals surface area contributed by atoms with Crippen molar-refractivity contribution in [2.24, 2.45) is 0 Å². The van der Waals surface area contributed by atoms with E-state index in [0.717, 1.165) is 0 Å². The zero-order valence-corrected chi connectivity index (χ0v) is 10.7. The van der Waals surface area contributed by atoms with Crippen LogP contribution in [0.25, 0.3) is 0 Å². The molecule has 1 amide bonds. The van der Waals surface area contributed by atoms with Crippen molar-refractivity contribution >= 4 is 17.6 Å². The smallest absolute Gasteiger partial charge is 0.338 e. The third-order valence-electron chi connectivity index (χ3n) is 2.28. The normalized spacial score (nSPS) is 9.89. The molecule has 0 saturated heterocycles. The second-order valence-corrected chi connectivity index (χ2v) is 3.70. The van der Waals surface area contributed by atoms with Crippen LogP contribution >= 0.6 is 0 Å². The molecule has 0 saturated carbocycles. The van der Waals surface area contributed by atoms with E-state index >= 15 is 0 Å². The molecule has 1 rings (SSSR count). The van der Waals surface area contributed by atoms with Gasteiger partial charge in [0.25, 0.3) is 0 Å². The Bertz CT molecular complexity index is 401. The molecule has 0 aliphatic carbocycles. The van der Waals surface area contributed by atoms with Gasteiger partial charge in [0.05, 0.1) is 12.2 Å². The molecule has 0 spiro atoms. The monoisotopic (exact) mass is 250 g/mol. The van der Waals surface area contributed by atoms with Crippen molar-refractivity contribution in [2.75, 3.05) is 25.5 Å². The predicted molar refractivity (Wildman–Crippen MR) is 69.6 cm³/mol. The highest BCUT2D eigenvalue weighted by Gasteiger charge is 2.06. The molecule has 1 aromatic carbocycles. The van der Waals surface area contributed by atoms with Gasteiger partial charge < -0.3 is 15.4 Å². The molecule has 0 aromatic heterocycles. The first-order chi connectivity index (χ1) is 8.67. The fraction of sp³-hybridized carbons (Fsp3) is 0.385. The van der Waals surface area contributed by atoms with Gasteiger partial charge in [-0.2, -0.15) is 0 Å². The Morgan fingerprint density at radius 2 is 1.89 bits per heavy atom. The highest BCUT2D eigenvalue weighted by Crippen LogP contribution is 2.10. The molecule has 1 aromatic rings. The van der Waals surface area contributed by atoms with E-state index in [4.69, 9.17) is 4.74 Å². The van der Waals surface area contributed by atoms with Gasteiger partial charge in [0.15, 0.2) is 0 Å². The third kappa shape index (κ3) is 4.55. The van der Waals surface area contributed by atoms with E-state index in [9.17, 15) is 9.59 Å². The van der Waals surface area contributed by atoms with Gasteiger partial charge >= 0.3 is 5.97 Å². The summed E-state index contributed by atoms with van der Waals surface area (Å²) in [6, 6.07) is 6.63. The molecule has 0 atom stereocenters. The van der Waals surface area contributed by atoms with Crippen molar-refractivity contribution in [3.8, 4) is 0 Å². The van der Waals surface area contributed by atoms with Crippen LogP contribution < -0.4 is 10.6 Å². The van der Waals surface area contributed by atoms with Gasteiger partial charge in [-0.1, -0.05) is 0 Å². The maximum Gasteiger partial charge on any atom is 0.338 e. The second kappa shape index (κ2) is 7.45. The summed E-state index contributed by atoms with van der Waals surface area (Å²) in [5.74, 6) is -0.418. The van der Waals surface area contributed by atoms with Gasteiger partial charge in [-0.25, -0.2) is 4.79 Å². The molecule has 2 N–H and O–H groups in total. The molecule has 0 heterocycles. The van der Waals surface area contributed by atoms with Crippen LogP contribution in [0.15, 0.2) is 24.3 Å². The first kappa shape index (κ1) is 14.2. The Balaban J connectivity index is 2.55. The minimum Gasteiger partial charge on any atom is -0.462 e. The largest absolute Gasteiger partial charge is 0.462 e. The maximum atomic E-state index is 11.4. The molecule has 0 bridgehead atoms. The second-order valence-electron chi connectivity index (χ2n) is 3.70. The Morgan fingerprint density at radius 1 is 1.22 bits per heavy atom. The number of benzene rings is 1. The van der Waals surface area contributed by atoms with Gasteiger partial charge in [-0.15, -0.1) is 0 Å². The number of anilines is 1. The summed E-state index contributed by atoms with van der Waals surface area (Å²) < 4.78 is 4.87. The fourth-order valence-electron chi connectivity index (χ4n) is 1.37. The Hall–Kier alpha value is -1.88. The molecule has 0 aliphatic rings. The summed E-state index contributed by atoms with van der Waals surface area (Å²) in [5.41, 5.74) is 1.15. The molecule has 98 valence electrons. The maximum absolute atomic E-state index is 11.4. The van der Waals surface area contributed by atoms with Crippen LogP contribution in [0.2, 0.25) is 0 Å².